The molecule has 0 amide bonds. The highest BCUT2D eigenvalue weighted by atomic mass is 79.9. The van der Waals surface area contributed by atoms with Crippen LogP contribution in [0.4, 0.5) is 0 Å². The predicted molar refractivity (Wildman–Crippen MR) is 80.1 cm³/mol. The number of nitrogens with two attached hydrogens (primary N) is 1. The van der Waals surface area contributed by atoms with E-state index in [0.29, 0.717) is 0 Å². The fourth-order valence-electron chi connectivity index (χ4n) is 1.72. The molecule has 17 heavy (non-hydrogen) atoms. The van der Waals surface area contributed by atoms with Crippen LogP contribution in [-0.2, 0) is 0 Å². The number of halogens is 2. The Morgan fingerprint density at radius 2 is 2.06 bits per heavy atom. The first-order chi connectivity index (χ1) is 8.13. The van der Waals surface area contributed by atoms with E-state index < -0.39 is 0 Å². The number of aryl methyl sites for hydroxylation is 1. The fraction of sp³-hybridized carbons (Fsp3) is 0.167. The van der Waals surface area contributed by atoms with Crippen LogP contribution in [0.5, 0.6) is 0 Å². The molecule has 0 spiro atoms. The lowest BCUT2D eigenvalue weighted by Gasteiger charge is -2.18. The minimum atomic E-state index is 0.0156. The fourth-order valence-corrected chi connectivity index (χ4v) is 3.58. The second-order valence-corrected chi connectivity index (χ2v) is 6.45. The Morgan fingerprint density at radius 1 is 1.29 bits per heavy atom. The van der Waals surface area contributed by atoms with E-state index in [-0.39, 0.29) is 6.04 Å². The molecule has 90 valence electrons. The average Bonchev–Trinajstić information content (AvgIpc) is 2.71. The second kappa shape index (κ2) is 5.63. The van der Waals surface area contributed by atoms with Crippen molar-refractivity contribution in [1.29, 1.82) is 0 Å². The molecule has 1 atom stereocenters. The van der Waals surface area contributed by atoms with Gasteiger partial charge < -0.3 is 0 Å². The number of rotatable bonds is 3. The maximum atomic E-state index is 5.70. The molecule has 2 rings (SSSR count). The van der Waals surface area contributed by atoms with Crippen LogP contribution >= 0.6 is 43.2 Å². The molecule has 3 N–H and O–H groups in total. The molecular formula is C12H12Br2N2S. The van der Waals surface area contributed by atoms with Crippen molar-refractivity contribution in [2.75, 3.05) is 0 Å². The molecule has 0 bridgehead atoms. The molecule has 0 saturated heterocycles. The molecule has 1 aromatic carbocycles. The third-order valence-electron chi connectivity index (χ3n) is 2.60. The zero-order valence-corrected chi connectivity index (χ0v) is 13.2. The molecule has 0 fully saturated rings. The van der Waals surface area contributed by atoms with Gasteiger partial charge in [0, 0.05) is 13.8 Å². The van der Waals surface area contributed by atoms with Gasteiger partial charge in [0.2, 0.25) is 0 Å². The summed E-state index contributed by atoms with van der Waals surface area (Å²) >= 11 is 8.77. The Balaban J connectivity index is 2.49. The van der Waals surface area contributed by atoms with Gasteiger partial charge >= 0.3 is 0 Å². The van der Waals surface area contributed by atoms with E-state index in [9.17, 15) is 0 Å². The quantitative estimate of drug-likeness (QED) is 0.625. The lowest BCUT2D eigenvalue weighted by molar-refractivity contribution is 0.641. The molecule has 0 saturated carbocycles. The van der Waals surface area contributed by atoms with Crippen LogP contribution in [0.2, 0.25) is 0 Å². The lowest BCUT2D eigenvalue weighted by Crippen LogP contribution is -2.28. The standard InChI is InChI=1S/C12H12Br2N2S/c1-7-4-5-17-12(7)11(16-15)9-6-8(13)2-3-10(9)14/h2-6,11,16H,15H2,1H3. The number of nitrogens with one attached hydrogen (secondary N) is 1. The van der Waals surface area contributed by atoms with Crippen LogP contribution in [0.15, 0.2) is 38.6 Å². The molecule has 1 aromatic heterocycles. The van der Waals surface area contributed by atoms with Crippen LogP contribution in [0.25, 0.3) is 0 Å². The molecular weight excluding hydrogens is 364 g/mol. The van der Waals surface area contributed by atoms with E-state index >= 15 is 0 Å². The van der Waals surface area contributed by atoms with Crippen molar-refractivity contribution in [1.82, 2.24) is 5.43 Å². The zero-order valence-electron chi connectivity index (χ0n) is 9.21. The van der Waals surface area contributed by atoms with Gasteiger partial charge in [0.05, 0.1) is 6.04 Å². The van der Waals surface area contributed by atoms with E-state index in [1.54, 1.807) is 11.3 Å². The Kier molecular flexibility index (Phi) is 4.38. The molecule has 5 heteroatoms. The lowest BCUT2D eigenvalue weighted by atomic mass is 10.0. The van der Waals surface area contributed by atoms with E-state index in [4.69, 9.17) is 5.84 Å². The van der Waals surface area contributed by atoms with Gasteiger partial charge in [0.25, 0.3) is 0 Å². The van der Waals surface area contributed by atoms with Crippen LogP contribution in [0, 0.1) is 6.92 Å². The van der Waals surface area contributed by atoms with Gasteiger partial charge in [-0.15, -0.1) is 11.3 Å². The summed E-state index contributed by atoms with van der Waals surface area (Å²) in [4.78, 5) is 1.24. The molecule has 2 nitrogen and oxygen atoms in total. The molecule has 0 aliphatic heterocycles. The Labute approximate surface area is 121 Å². The monoisotopic (exact) mass is 374 g/mol. The van der Waals surface area contributed by atoms with Crippen molar-refractivity contribution >= 4 is 43.2 Å². The summed E-state index contributed by atoms with van der Waals surface area (Å²) in [5.74, 6) is 5.70. The minimum absolute atomic E-state index is 0.0156. The highest BCUT2D eigenvalue weighted by molar-refractivity contribution is 9.11. The number of thiophene rings is 1. The van der Waals surface area contributed by atoms with Crippen LogP contribution in [0.3, 0.4) is 0 Å². The van der Waals surface area contributed by atoms with Gasteiger partial charge in [-0.2, -0.15) is 0 Å². The zero-order chi connectivity index (χ0) is 12.4. The minimum Gasteiger partial charge on any atom is -0.271 e. The van der Waals surface area contributed by atoms with Crippen LogP contribution < -0.4 is 11.3 Å². The molecule has 0 aliphatic rings. The summed E-state index contributed by atoms with van der Waals surface area (Å²) in [7, 11) is 0. The Morgan fingerprint density at radius 3 is 2.65 bits per heavy atom. The molecule has 0 aliphatic carbocycles. The second-order valence-electron chi connectivity index (χ2n) is 3.73. The highest BCUT2D eigenvalue weighted by Crippen LogP contribution is 2.34. The molecule has 1 heterocycles. The number of hydrogen-bond donors (Lipinski definition) is 2. The Bertz CT molecular complexity index is 525. The van der Waals surface area contributed by atoms with Gasteiger partial charge in [0.1, 0.15) is 0 Å². The summed E-state index contributed by atoms with van der Waals surface area (Å²) in [5, 5.41) is 2.08. The summed E-state index contributed by atoms with van der Waals surface area (Å²) in [5.41, 5.74) is 5.28. The van der Waals surface area contributed by atoms with Crippen molar-refractivity contribution < 1.29 is 0 Å². The van der Waals surface area contributed by atoms with Crippen molar-refractivity contribution in [3.05, 3.63) is 54.6 Å². The summed E-state index contributed by atoms with van der Waals surface area (Å²) in [6.07, 6.45) is 0. The smallest absolute Gasteiger partial charge is 0.0816 e. The average molecular weight is 376 g/mol. The van der Waals surface area contributed by atoms with Crippen LogP contribution in [0.1, 0.15) is 22.0 Å². The SMILES string of the molecule is Cc1ccsc1C(NN)c1cc(Br)ccc1Br. The maximum absolute atomic E-state index is 5.70. The maximum Gasteiger partial charge on any atom is 0.0816 e. The topological polar surface area (TPSA) is 38.0 Å². The number of hydrogen-bond acceptors (Lipinski definition) is 3. The van der Waals surface area contributed by atoms with Gasteiger partial charge in [-0.25, -0.2) is 5.43 Å². The first kappa shape index (κ1) is 13.2. The van der Waals surface area contributed by atoms with Crippen molar-refractivity contribution in [3.63, 3.8) is 0 Å². The summed E-state index contributed by atoms with van der Waals surface area (Å²) in [6, 6.07) is 8.22. The van der Waals surface area contributed by atoms with E-state index in [0.717, 1.165) is 14.5 Å². The van der Waals surface area contributed by atoms with Gasteiger partial charge in [0.15, 0.2) is 0 Å². The summed E-state index contributed by atoms with van der Waals surface area (Å²) < 4.78 is 2.10. The van der Waals surface area contributed by atoms with Gasteiger partial charge in [-0.05, 0) is 47.7 Å². The molecule has 2 aromatic rings. The number of hydrazine groups is 1. The summed E-state index contributed by atoms with van der Waals surface area (Å²) in [6.45, 7) is 2.10. The van der Waals surface area contributed by atoms with Crippen molar-refractivity contribution in [2.45, 2.75) is 13.0 Å². The third kappa shape index (κ3) is 2.80. The van der Waals surface area contributed by atoms with Crippen LogP contribution in [-0.4, -0.2) is 0 Å². The molecule has 0 radical (unpaired) electrons. The first-order valence-corrected chi connectivity index (χ1v) is 7.55. The normalized spacial score (nSPS) is 12.7. The van der Waals surface area contributed by atoms with E-state index in [2.05, 4.69) is 61.7 Å². The largest absolute Gasteiger partial charge is 0.271 e. The first-order valence-electron chi connectivity index (χ1n) is 5.08. The van der Waals surface area contributed by atoms with Gasteiger partial charge in [-0.1, -0.05) is 31.9 Å². The highest BCUT2D eigenvalue weighted by Gasteiger charge is 2.18. The van der Waals surface area contributed by atoms with Crippen molar-refractivity contribution in [3.8, 4) is 0 Å². The number of benzene rings is 1. The predicted octanol–water partition coefficient (Wildman–Crippen LogP) is 4.13. The van der Waals surface area contributed by atoms with E-state index in [1.807, 2.05) is 12.1 Å². The van der Waals surface area contributed by atoms with Gasteiger partial charge in [-0.3, -0.25) is 5.84 Å². The molecule has 1 unspecified atom stereocenters. The third-order valence-corrected chi connectivity index (χ3v) is 4.90. The van der Waals surface area contributed by atoms with E-state index in [1.165, 1.54) is 10.4 Å². The Hall–Kier alpha value is -0.200. The van der Waals surface area contributed by atoms with Crippen molar-refractivity contribution in [2.24, 2.45) is 5.84 Å².